The molecule has 0 aliphatic rings. The van der Waals surface area contributed by atoms with Crippen molar-refractivity contribution < 1.29 is 4.42 Å². The third kappa shape index (κ3) is 1.55. The molecule has 4 rings (SSSR count). The maximum absolute atomic E-state index is 5.53. The number of hydrogen-bond donors (Lipinski definition) is 0. The average molecular weight is 243 g/mol. The first-order chi connectivity index (χ1) is 9.43. The molecule has 0 N–H and O–H groups in total. The first-order valence-corrected chi connectivity index (χ1v) is 6.31. The molecule has 19 heavy (non-hydrogen) atoms. The van der Waals surface area contributed by atoms with Gasteiger partial charge in [0.2, 0.25) is 0 Å². The van der Waals surface area contributed by atoms with E-state index in [1.807, 2.05) is 18.2 Å². The molecule has 89 valence electrons. The van der Waals surface area contributed by atoms with Gasteiger partial charge in [0, 0.05) is 10.9 Å². The summed E-state index contributed by atoms with van der Waals surface area (Å²) in [6.07, 6.45) is 3.05. The van der Waals surface area contributed by atoms with E-state index in [2.05, 4.69) is 54.8 Å². The molecule has 0 amide bonds. The fourth-order valence-corrected chi connectivity index (χ4v) is 2.57. The first kappa shape index (κ1) is 10.4. The Balaban J connectivity index is 2.10. The average Bonchev–Trinajstić information content (AvgIpc) is 2.90. The van der Waals surface area contributed by atoms with Crippen LogP contribution >= 0.6 is 0 Å². The summed E-state index contributed by atoms with van der Waals surface area (Å²) in [7, 11) is 0. The second-order valence-corrected chi connectivity index (χ2v) is 4.60. The van der Waals surface area contributed by atoms with E-state index in [0.717, 1.165) is 16.5 Å². The van der Waals surface area contributed by atoms with Crippen LogP contribution in [0.4, 0.5) is 0 Å². The maximum atomic E-state index is 5.53. The molecule has 1 aromatic heterocycles. The summed E-state index contributed by atoms with van der Waals surface area (Å²) in [5, 5.41) is 3.57. The molecule has 0 unspecified atom stereocenters. The Morgan fingerprint density at radius 3 is 2.37 bits per heavy atom. The van der Waals surface area contributed by atoms with Crippen molar-refractivity contribution in [3.05, 3.63) is 73.0 Å². The van der Waals surface area contributed by atoms with Crippen LogP contribution < -0.4 is 0 Å². The predicted octanol–water partition coefficient (Wildman–Crippen LogP) is 5.05. The minimum atomic E-state index is 0.880. The lowest BCUT2D eigenvalue weighted by atomic mass is 9.98. The van der Waals surface area contributed by atoms with E-state index >= 15 is 0 Å². The highest BCUT2D eigenvalue weighted by atomic mass is 16.3. The highest BCUT2D eigenvalue weighted by molar-refractivity contribution is 6.03. The quantitative estimate of drug-likeness (QED) is 0.455. The number of fused-ring (bicyclic) bond motifs is 2. The lowest BCUT2D eigenvalue weighted by Gasteiger charge is -2.04. The Hall–Kier alpha value is -2.54. The van der Waals surface area contributed by atoms with E-state index in [4.69, 9.17) is 4.42 Å². The molecular weight excluding hydrogens is 232 g/mol. The highest BCUT2D eigenvalue weighted by Crippen LogP contribution is 2.34. The second kappa shape index (κ2) is 3.99. The van der Waals surface area contributed by atoms with Gasteiger partial charge in [-0.05, 0) is 22.4 Å². The molecule has 1 nitrogen and oxygen atoms in total. The summed E-state index contributed by atoms with van der Waals surface area (Å²) < 4.78 is 5.53. The van der Waals surface area contributed by atoms with Gasteiger partial charge < -0.3 is 4.42 Å². The van der Waals surface area contributed by atoms with E-state index in [1.54, 1.807) is 0 Å². The van der Waals surface area contributed by atoms with Crippen molar-refractivity contribution in [3.8, 4) is 11.1 Å². The Morgan fingerprint density at radius 1 is 0.684 bits per heavy atom. The van der Waals surface area contributed by atoms with Crippen LogP contribution in [-0.4, -0.2) is 0 Å². The van der Waals surface area contributed by atoms with E-state index in [0.29, 0.717) is 0 Å². The summed E-state index contributed by atoms with van der Waals surface area (Å²) in [6, 6.07) is 22.8. The standard InChI is InChI=1S/C18H11O/c1-2-8-14-13(6-1)7-5-10-15(14)17-12-19-18-11-4-3-9-16(17)18/h1-11H. The topological polar surface area (TPSA) is 13.1 Å². The van der Waals surface area contributed by atoms with Crippen molar-refractivity contribution in [1.82, 2.24) is 0 Å². The summed E-state index contributed by atoms with van der Waals surface area (Å²) >= 11 is 0. The minimum absolute atomic E-state index is 0.880. The van der Waals surface area contributed by atoms with Crippen molar-refractivity contribution >= 4 is 21.7 Å². The van der Waals surface area contributed by atoms with Crippen molar-refractivity contribution in [2.45, 2.75) is 0 Å². The molecule has 0 saturated carbocycles. The Morgan fingerprint density at radius 2 is 1.42 bits per heavy atom. The number of rotatable bonds is 1. The van der Waals surface area contributed by atoms with Gasteiger partial charge in [0.1, 0.15) is 5.58 Å². The molecule has 1 heteroatoms. The van der Waals surface area contributed by atoms with E-state index in [9.17, 15) is 0 Å². The van der Waals surface area contributed by atoms with Crippen LogP contribution in [-0.2, 0) is 0 Å². The number of furan rings is 1. The molecule has 1 radical (unpaired) electrons. The molecule has 0 bridgehead atoms. The molecule has 0 saturated heterocycles. The zero-order chi connectivity index (χ0) is 12.7. The van der Waals surface area contributed by atoms with Gasteiger partial charge in [-0.25, -0.2) is 0 Å². The molecule has 0 fully saturated rings. The molecule has 0 aliphatic heterocycles. The number of para-hydroxylation sites is 1. The number of hydrogen-bond acceptors (Lipinski definition) is 1. The van der Waals surface area contributed by atoms with Crippen LogP contribution in [0.1, 0.15) is 0 Å². The summed E-state index contributed by atoms with van der Waals surface area (Å²) in [5.74, 6) is 0. The zero-order valence-corrected chi connectivity index (χ0v) is 10.3. The molecule has 0 atom stereocenters. The smallest absolute Gasteiger partial charge is 0.179 e. The normalized spacial score (nSPS) is 11.2. The Kier molecular flexibility index (Phi) is 2.18. The van der Waals surface area contributed by atoms with Crippen molar-refractivity contribution in [3.63, 3.8) is 0 Å². The molecule has 1 heterocycles. The maximum Gasteiger partial charge on any atom is 0.179 e. The SMILES string of the molecule is [c]1oc2ccccc2c1-c1cccc2ccccc12. The van der Waals surface area contributed by atoms with Crippen molar-refractivity contribution in [2.75, 3.05) is 0 Å². The highest BCUT2D eigenvalue weighted by Gasteiger charge is 2.10. The van der Waals surface area contributed by atoms with Gasteiger partial charge in [-0.1, -0.05) is 60.7 Å². The van der Waals surface area contributed by atoms with Gasteiger partial charge >= 0.3 is 0 Å². The zero-order valence-electron chi connectivity index (χ0n) is 10.3. The van der Waals surface area contributed by atoms with E-state index in [-0.39, 0.29) is 0 Å². The Labute approximate surface area is 111 Å². The monoisotopic (exact) mass is 243 g/mol. The Bertz CT molecular complexity index is 866. The first-order valence-electron chi connectivity index (χ1n) is 6.31. The third-order valence-corrected chi connectivity index (χ3v) is 3.48. The fourth-order valence-electron chi connectivity index (χ4n) is 2.57. The van der Waals surface area contributed by atoms with Gasteiger partial charge in [-0.15, -0.1) is 0 Å². The van der Waals surface area contributed by atoms with Crippen LogP contribution in [0.2, 0.25) is 0 Å². The molecule has 0 aliphatic carbocycles. The molecule has 0 spiro atoms. The molecule has 4 aromatic rings. The van der Waals surface area contributed by atoms with Crippen LogP contribution in [0.5, 0.6) is 0 Å². The third-order valence-electron chi connectivity index (χ3n) is 3.48. The summed E-state index contributed by atoms with van der Waals surface area (Å²) in [5.41, 5.74) is 3.08. The van der Waals surface area contributed by atoms with Gasteiger partial charge in [-0.3, -0.25) is 0 Å². The van der Waals surface area contributed by atoms with Crippen molar-refractivity contribution in [1.29, 1.82) is 0 Å². The largest absolute Gasteiger partial charge is 0.452 e. The predicted molar refractivity (Wildman–Crippen MR) is 78.0 cm³/mol. The second-order valence-electron chi connectivity index (χ2n) is 4.60. The molecule has 3 aromatic carbocycles. The van der Waals surface area contributed by atoms with Crippen LogP contribution in [0, 0.1) is 6.26 Å². The van der Waals surface area contributed by atoms with Crippen LogP contribution in [0.25, 0.3) is 32.9 Å². The van der Waals surface area contributed by atoms with E-state index < -0.39 is 0 Å². The van der Waals surface area contributed by atoms with Gasteiger partial charge in [0.25, 0.3) is 0 Å². The lowest BCUT2D eigenvalue weighted by molar-refractivity contribution is 0.607. The van der Waals surface area contributed by atoms with Gasteiger partial charge in [0.05, 0.1) is 0 Å². The van der Waals surface area contributed by atoms with Crippen molar-refractivity contribution in [2.24, 2.45) is 0 Å². The van der Waals surface area contributed by atoms with Gasteiger partial charge in [0.15, 0.2) is 6.26 Å². The van der Waals surface area contributed by atoms with Gasteiger partial charge in [-0.2, -0.15) is 0 Å². The summed E-state index contributed by atoms with van der Waals surface area (Å²) in [4.78, 5) is 0. The number of benzene rings is 3. The molecular formula is C18H11O. The minimum Gasteiger partial charge on any atom is -0.452 e. The van der Waals surface area contributed by atoms with E-state index in [1.165, 1.54) is 16.3 Å². The van der Waals surface area contributed by atoms with Crippen LogP contribution in [0.3, 0.4) is 0 Å². The summed E-state index contributed by atoms with van der Waals surface area (Å²) in [6.45, 7) is 0. The lowest BCUT2D eigenvalue weighted by Crippen LogP contribution is -1.79. The fraction of sp³-hybridized carbons (Fsp3) is 0. The van der Waals surface area contributed by atoms with Crippen LogP contribution in [0.15, 0.2) is 71.1 Å².